The van der Waals surface area contributed by atoms with Gasteiger partial charge in [-0.1, -0.05) is 36.7 Å². The summed E-state index contributed by atoms with van der Waals surface area (Å²) in [6, 6.07) is 7.26. The van der Waals surface area contributed by atoms with Crippen LogP contribution in [0.25, 0.3) is 0 Å². The van der Waals surface area contributed by atoms with Crippen LogP contribution in [0.3, 0.4) is 0 Å². The van der Waals surface area contributed by atoms with Gasteiger partial charge in [0.15, 0.2) is 5.69 Å². The highest BCUT2D eigenvalue weighted by atomic mass is 35.5. The first-order valence-electron chi connectivity index (χ1n) is 9.06. The Morgan fingerprint density at radius 3 is 2.68 bits per heavy atom. The second-order valence-corrected chi connectivity index (χ2v) is 6.68. The summed E-state index contributed by atoms with van der Waals surface area (Å²) in [5, 5.41) is 0.576. The number of methoxy groups -OCH3 is 1. The molecule has 0 bridgehead atoms. The van der Waals surface area contributed by atoms with Crippen molar-refractivity contribution >= 4 is 29.0 Å². The van der Waals surface area contributed by atoms with Gasteiger partial charge in [0.25, 0.3) is 5.56 Å². The molecule has 1 aromatic carbocycles. The third-order valence-corrected chi connectivity index (χ3v) is 4.69. The van der Waals surface area contributed by atoms with Crippen LogP contribution in [-0.2, 0) is 22.5 Å². The van der Waals surface area contributed by atoms with Crippen LogP contribution in [0.15, 0.2) is 33.9 Å². The van der Waals surface area contributed by atoms with E-state index in [1.165, 1.54) is 16.6 Å². The van der Waals surface area contributed by atoms with E-state index in [4.69, 9.17) is 22.1 Å². The second-order valence-electron chi connectivity index (χ2n) is 6.27. The van der Waals surface area contributed by atoms with E-state index in [-0.39, 0.29) is 37.0 Å². The summed E-state index contributed by atoms with van der Waals surface area (Å²) >= 11 is 6.15. The number of carbonyl (C=O) groups excluding carboxylic acids is 1. The standard InChI is InChI=1S/C19H25ClN4O4/c1-3-10-24-17(21)16(18(26)22-19(24)27)23(11-12-28-2)15(25)9-8-13-6-4-5-7-14(13)20/h4-7H,3,8-12,21H2,1-2H3,(H,22,26,27). The predicted molar refractivity (Wildman–Crippen MR) is 110 cm³/mol. The lowest BCUT2D eigenvalue weighted by Crippen LogP contribution is -2.42. The Morgan fingerprint density at radius 1 is 1.32 bits per heavy atom. The van der Waals surface area contributed by atoms with Crippen molar-refractivity contribution in [2.45, 2.75) is 32.7 Å². The maximum Gasteiger partial charge on any atom is 0.330 e. The Kier molecular flexibility index (Phi) is 7.83. The molecule has 0 fully saturated rings. The fraction of sp³-hybridized carbons (Fsp3) is 0.421. The number of benzene rings is 1. The lowest BCUT2D eigenvalue weighted by atomic mass is 10.1. The molecule has 1 amide bonds. The summed E-state index contributed by atoms with van der Waals surface area (Å²) in [4.78, 5) is 40.9. The van der Waals surface area contributed by atoms with Gasteiger partial charge in [-0.15, -0.1) is 0 Å². The van der Waals surface area contributed by atoms with Gasteiger partial charge in [0.2, 0.25) is 5.91 Å². The molecule has 28 heavy (non-hydrogen) atoms. The molecule has 2 rings (SSSR count). The molecule has 0 radical (unpaired) electrons. The minimum atomic E-state index is -0.697. The summed E-state index contributed by atoms with van der Waals surface area (Å²) < 4.78 is 6.33. The first-order valence-corrected chi connectivity index (χ1v) is 9.43. The van der Waals surface area contributed by atoms with E-state index in [1.54, 1.807) is 6.07 Å². The van der Waals surface area contributed by atoms with E-state index in [0.29, 0.717) is 24.4 Å². The molecule has 3 N–H and O–H groups in total. The molecule has 9 heteroatoms. The number of amides is 1. The zero-order chi connectivity index (χ0) is 20.7. The van der Waals surface area contributed by atoms with Crippen LogP contribution in [0.2, 0.25) is 5.02 Å². The van der Waals surface area contributed by atoms with Gasteiger partial charge in [0.05, 0.1) is 6.61 Å². The van der Waals surface area contributed by atoms with Crippen LogP contribution < -0.4 is 21.9 Å². The summed E-state index contributed by atoms with van der Waals surface area (Å²) in [7, 11) is 1.50. The SMILES string of the molecule is CCCn1c(N)c(N(CCOC)C(=O)CCc2ccccc2Cl)c(=O)[nH]c1=O. The zero-order valence-electron chi connectivity index (χ0n) is 16.0. The monoisotopic (exact) mass is 408 g/mol. The molecule has 0 spiro atoms. The molecule has 0 aliphatic heterocycles. The molecule has 0 aliphatic rings. The fourth-order valence-electron chi connectivity index (χ4n) is 2.91. The lowest BCUT2D eigenvalue weighted by molar-refractivity contribution is -0.118. The molecule has 0 saturated carbocycles. The maximum atomic E-state index is 12.9. The summed E-state index contributed by atoms with van der Waals surface area (Å²) in [5.41, 5.74) is 5.61. The quantitative estimate of drug-likeness (QED) is 0.657. The lowest BCUT2D eigenvalue weighted by Gasteiger charge is -2.24. The third-order valence-electron chi connectivity index (χ3n) is 4.32. The Labute approximate surface area is 167 Å². The number of carbonyl (C=O) groups is 1. The van der Waals surface area contributed by atoms with Crippen molar-refractivity contribution in [3.8, 4) is 0 Å². The first-order chi connectivity index (χ1) is 13.4. The molecule has 1 aromatic heterocycles. The zero-order valence-corrected chi connectivity index (χ0v) is 16.8. The number of aryl methyl sites for hydroxylation is 1. The number of nitrogens with zero attached hydrogens (tertiary/aromatic N) is 2. The van der Waals surface area contributed by atoms with Crippen molar-refractivity contribution in [1.82, 2.24) is 9.55 Å². The van der Waals surface area contributed by atoms with E-state index >= 15 is 0 Å². The van der Waals surface area contributed by atoms with Crippen molar-refractivity contribution in [2.75, 3.05) is 30.9 Å². The van der Waals surface area contributed by atoms with Crippen molar-refractivity contribution < 1.29 is 9.53 Å². The number of H-pyrrole nitrogens is 1. The number of hydrogen-bond acceptors (Lipinski definition) is 5. The molecule has 1 heterocycles. The molecular weight excluding hydrogens is 384 g/mol. The van der Waals surface area contributed by atoms with Crippen LogP contribution in [0.4, 0.5) is 11.5 Å². The van der Waals surface area contributed by atoms with Crippen LogP contribution in [0, 0.1) is 0 Å². The van der Waals surface area contributed by atoms with Gasteiger partial charge in [-0.25, -0.2) is 4.79 Å². The first kappa shape index (κ1) is 21.7. The average Bonchev–Trinajstić information content (AvgIpc) is 2.66. The molecule has 0 unspecified atom stereocenters. The molecule has 0 saturated heterocycles. The molecule has 0 aliphatic carbocycles. The van der Waals surface area contributed by atoms with Crippen LogP contribution in [0.1, 0.15) is 25.3 Å². The molecule has 8 nitrogen and oxygen atoms in total. The van der Waals surface area contributed by atoms with Gasteiger partial charge in [0, 0.05) is 31.6 Å². The van der Waals surface area contributed by atoms with Gasteiger partial charge in [-0.3, -0.25) is 19.1 Å². The third kappa shape index (κ3) is 5.02. The van der Waals surface area contributed by atoms with Gasteiger partial charge < -0.3 is 15.4 Å². The molecule has 2 aromatic rings. The number of ether oxygens (including phenoxy) is 1. The average molecular weight is 409 g/mol. The Morgan fingerprint density at radius 2 is 2.04 bits per heavy atom. The number of rotatable bonds is 9. The number of aromatic nitrogens is 2. The topological polar surface area (TPSA) is 110 Å². The van der Waals surface area contributed by atoms with Crippen LogP contribution >= 0.6 is 11.6 Å². The smallest absolute Gasteiger partial charge is 0.330 e. The largest absolute Gasteiger partial charge is 0.383 e. The van der Waals surface area contributed by atoms with Crippen molar-refractivity contribution in [3.63, 3.8) is 0 Å². The van der Waals surface area contributed by atoms with Gasteiger partial charge in [-0.2, -0.15) is 0 Å². The summed E-state index contributed by atoms with van der Waals surface area (Å²) in [6.45, 7) is 2.56. The van der Waals surface area contributed by atoms with Gasteiger partial charge in [0.1, 0.15) is 5.82 Å². The van der Waals surface area contributed by atoms with E-state index < -0.39 is 11.2 Å². The van der Waals surface area contributed by atoms with Crippen LogP contribution in [-0.4, -0.2) is 35.7 Å². The normalized spacial score (nSPS) is 10.8. The van der Waals surface area contributed by atoms with E-state index in [9.17, 15) is 14.4 Å². The minimum Gasteiger partial charge on any atom is -0.383 e. The molecule has 0 atom stereocenters. The number of halogens is 1. The summed E-state index contributed by atoms with van der Waals surface area (Å²) in [5.74, 6) is -0.339. The van der Waals surface area contributed by atoms with Crippen molar-refractivity contribution in [1.29, 1.82) is 0 Å². The number of anilines is 2. The second kappa shape index (κ2) is 10.1. The number of hydrogen-bond donors (Lipinski definition) is 2. The maximum absolute atomic E-state index is 12.9. The highest BCUT2D eigenvalue weighted by Crippen LogP contribution is 2.20. The Balaban J connectivity index is 2.36. The highest BCUT2D eigenvalue weighted by Gasteiger charge is 2.24. The van der Waals surface area contributed by atoms with Gasteiger partial charge >= 0.3 is 5.69 Å². The number of nitrogens with one attached hydrogen (secondary N) is 1. The predicted octanol–water partition coefficient (Wildman–Crippen LogP) is 1.79. The van der Waals surface area contributed by atoms with Crippen molar-refractivity contribution in [2.24, 2.45) is 0 Å². The summed E-state index contributed by atoms with van der Waals surface area (Å²) in [6.07, 6.45) is 1.18. The highest BCUT2D eigenvalue weighted by molar-refractivity contribution is 6.31. The van der Waals surface area contributed by atoms with E-state index in [1.807, 2.05) is 25.1 Å². The number of nitrogens with two attached hydrogens (primary N) is 1. The number of aromatic amines is 1. The fourth-order valence-corrected chi connectivity index (χ4v) is 3.14. The van der Waals surface area contributed by atoms with E-state index in [0.717, 1.165) is 5.56 Å². The molecule has 152 valence electrons. The molecular formula is C19H25ClN4O4. The van der Waals surface area contributed by atoms with Crippen LogP contribution in [0.5, 0.6) is 0 Å². The Hall–Kier alpha value is -2.58. The van der Waals surface area contributed by atoms with E-state index in [2.05, 4.69) is 4.98 Å². The minimum absolute atomic E-state index is 0.0298. The Bertz CT molecular complexity index is 938. The number of nitrogen functional groups attached to an aromatic ring is 1. The van der Waals surface area contributed by atoms with Crippen molar-refractivity contribution in [3.05, 3.63) is 55.7 Å². The van der Waals surface area contributed by atoms with Gasteiger partial charge in [-0.05, 0) is 24.5 Å².